The van der Waals surface area contributed by atoms with Crippen molar-refractivity contribution in [3.05, 3.63) is 39.8 Å². The third-order valence-corrected chi connectivity index (χ3v) is 5.39. The van der Waals surface area contributed by atoms with Crippen molar-refractivity contribution in [3.63, 3.8) is 0 Å². The highest BCUT2D eigenvalue weighted by atomic mass is 16.2. The van der Waals surface area contributed by atoms with Crippen molar-refractivity contribution in [3.8, 4) is 0 Å². The van der Waals surface area contributed by atoms with E-state index in [1.54, 1.807) is 13.4 Å². The topological polar surface area (TPSA) is 61.8 Å². The zero-order valence-electron chi connectivity index (χ0n) is 17.7. The van der Waals surface area contributed by atoms with Crippen LogP contribution >= 0.6 is 0 Å². The van der Waals surface area contributed by atoms with E-state index in [2.05, 4.69) is 18.5 Å². The van der Waals surface area contributed by atoms with Crippen LogP contribution in [0.25, 0.3) is 11.2 Å². The van der Waals surface area contributed by atoms with E-state index < -0.39 is 0 Å². The first-order valence-corrected chi connectivity index (χ1v) is 10.9. The summed E-state index contributed by atoms with van der Waals surface area (Å²) in [6.45, 7) is 7.17. The minimum absolute atomic E-state index is 0.214. The third kappa shape index (κ3) is 5.69. The molecule has 0 saturated heterocycles. The molecule has 0 N–H and O–H groups in total. The van der Waals surface area contributed by atoms with Gasteiger partial charge in [0, 0.05) is 20.1 Å². The van der Waals surface area contributed by atoms with Gasteiger partial charge in [0.1, 0.15) is 0 Å². The van der Waals surface area contributed by atoms with Crippen molar-refractivity contribution in [1.29, 1.82) is 0 Å². The van der Waals surface area contributed by atoms with Crippen molar-refractivity contribution < 1.29 is 0 Å². The lowest BCUT2D eigenvalue weighted by Gasteiger charge is -2.09. The molecule has 0 aromatic carbocycles. The maximum Gasteiger partial charge on any atom is 0.332 e. The second-order valence-corrected chi connectivity index (χ2v) is 7.67. The molecule has 0 aliphatic carbocycles. The average Bonchev–Trinajstić information content (AvgIpc) is 3.12. The van der Waals surface area contributed by atoms with Crippen LogP contribution in [0, 0.1) is 0 Å². The lowest BCUT2D eigenvalue weighted by Crippen LogP contribution is -2.39. The normalized spacial score (nSPS) is 11.4. The summed E-state index contributed by atoms with van der Waals surface area (Å²) >= 11 is 0. The molecular weight excluding hydrogens is 352 g/mol. The minimum atomic E-state index is -0.284. The van der Waals surface area contributed by atoms with Gasteiger partial charge in [-0.15, -0.1) is 6.58 Å². The van der Waals surface area contributed by atoms with Crippen LogP contribution in [-0.2, 0) is 20.1 Å². The van der Waals surface area contributed by atoms with E-state index >= 15 is 0 Å². The predicted octanol–water partition coefficient (Wildman–Crippen LogP) is 4.39. The van der Waals surface area contributed by atoms with Crippen LogP contribution in [-0.4, -0.2) is 18.7 Å². The Labute approximate surface area is 167 Å². The third-order valence-electron chi connectivity index (χ3n) is 5.39. The van der Waals surface area contributed by atoms with Crippen LogP contribution in [0.2, 0.25) is 0 Å². The van der Waals surface area contributed by atoms with Gasteiger partial charge >= 0.3 is 5.69 Å². The van der Waals surface area contributed by atoms with Gasteiger partial charge in [0.2, 0.25) is 0 Å². The number of imidazole rings is 1. The Balaban J connectivity index is 2.03. The van der Waals surface area contributed by atoms with Crippen LogP contribution in [0.3, 0.4) is 0 Å². The van der Waals surface area contributed by atoms with Gasteiger partial charge < -0.3 is 4.57 Å². The highest BCUT2D eigenvalue weighted by molar-refractivity contribution is 5.69. The van der Waals surface area contributed by atoms with E-state index in [-0.39, 0.29) is 11.2 Å². The minimum Gasteiger partial charge on any atom is -0.325 e. The number of fused-ring (bicyclic) bond motifs is 1. The fourth-order valence-electron chi connectivity index (χ4n) is 3.66. The molecule has 0 bridgehead atoms. The summed E-state index contributed by atoms with van der Waals surface area (Å²) in [4.78, 5) is 29.8. The summed E-state index contributed by atoms with van der Waals surface area (Å²) in [6, 6.07) is 0. The number of nitrogens with zero attached hydrogens (tertiary/aromatic N) is 4. The first kappa shape index (κ1) is 22.2. The largest absolute Gasteiger partial charge is 0.332 e. The highest BCUT2D eigenvalue weighted by Crippen LogP contribution is 2.11. The van der Waals surface area contributed by atoms with Crippen LogP contribution in [0.5, 0.6) is 0 Å². The summed E-state index contributed by atoms with van der Waals surface area (Å²) in [5.74, 6) is 0. The molecular formula is C22H36N4O2. The van der Waals surface area contributed by atoms with Crippen LogP contribution in [0.1, 0.15) is 77.6 Å². The Morgan fingerprint density at radius 3 is 2.29 bits per heavy atom. The number of rotatable bonds is 14. The van der Waals surface area contributed by atoms with Gasteiger partial charge in [-0.1, -0.05) is 57.9 Å². The fraction of sp³-hybridized carbons (Fsp3) is 0.682. The van der Waals surface area contributed by atoms with Crippen LogP contribution in [0.4, 0.5) is 0 Å². The summed E-state index contributed by atoms with van der Waals surface area (Å²) in [5.41, 5.74) is 0.535. The molecule has 28 heavy (non-hydrogen) atoms. The molecule has 0 amide bonds. The van der Waals surface area contributed by atoms with Gasteiger partial charge in [0.15, 0.2) is 11.2 Å². The molecule has 6 nitrogen and oxygen atoms in total. The molecule has 0 fully saturated rings. The maximum atomic E-state index is 13.0. The van der Waals surface area contributed by atoms with Gasteiger partial charge in [-0.05, 0) is 25.7 Å². The number of unbranched alkanes of at least 4 members (excludes halogenated alkanes) is 9. The Kier molecular flexibility index (Phi) is 9.24. The van der Waals surface area contributed by atoms with Crippen molar-refractivity contribution in [2.75, 3.05) is 0 Å². The maximum absolute atomic E-state index is 13.0. The fourth-order valence-corrected chi connectivity index (χ4v) is 3.66. The van der Waals surface area contributed by atoms with E-state index in [1.807, 2.05) is 10.6 Å². The molecule has 0 saturated carbocycles. The van der Waals surface area contributed by atoms with Crippen molar-refractivity contribution >= 4 is 11.2 Å². The Morgan fingerprint density at radius 1 is 0.964 bits per heavy atom. The summed E-state index contributed by atoms with van der Waals surface area (Å²) in [6.07, 6.45) is 16.2. The van der Waals surface area contributed by atoms with E-state index in [9.17, 15) is 9.59 Å². The molecule has 0 atom stereocenters. The Hall–Kier alpha value is -2.11. The van der Waals surface area contributed by atoms with Crippen molar-refractivity contribution in [1.82, 2.24) is 18.7 Å². The number of aryl methyl sites for hydroxylation is 2. The molecule has 2 rings (SSSR count). The molecule has 0 radical (unpaired) electrons. The van der Waals surface area contributed by atoms with Crippen molar-refractivity contribution in [2.45, 2.75) is 90.6 Å². The van der Waals surface area contributed by atoms with Gasteiger partial charge in [0.05, 0.1) is 6.33 Å². The average molecular weight is 389 g/mol. The van der Waals surface area contributed by atoms with Gasteiger partial charge in [-0.2, -0.15) is 0 Å². The number of aromatic nitrogens is 4. The van der Waals surface area contributed by atoms with Gasteiger partial charge in [-0.3, -0.25) is 13.9 Å². The molecule has 2 aromatic rings. The van der Waals surface area contributed by atoms with Gasteiger partial charge in [-0.25, -0.2) is 9.78 Å². The van der Waals surface area contributed by atoms with E-state index in [0.29, 0.717) is 17.7 Å². The second-order valence-electron chi connectivity index (χ2n) is 7.67. The monoisotopic (exact) mass is 388 g/mol. The van der Waals surface area contributed by atoms with Crippen molar-refractivity contribution in [2.24, 2.45) is 7.05 Å². The zero-order chi connectivity index (χ0) is 20.4. The smallest absolute Gasteiger partial charge is 0.325 e. The molecule has 0 unspecified atom stereocenters. The predicted molar refractivity (Wildman–Crippen MR) is 116 cm³/mol. The molecule has 0 aliphatic heterocycles. The molecule has 2 heterocycles. The number of hydrogen-bond acceptors (Lipinski definition) is 3. The van der Waals surface area contributed by atoms with Gasteiger partial charge in [0.25, 0.3) is 5.56 Å². The SMILES string of the molecule is C=CCCCCn1c(=O)c2c(ncn2CCCCCCCCCC)n(C)c1=O. The number of allylic oxidation sites excluding steroid dienone is 1. The first-order valence-electron chi connectivity index (χ1n) is 10.9. The zero-order valence-corrected chi connectivity index (χ0v) is 17.7. The summed E-state index contributed by atoms with van der Waals surface area (Å²) in [5, 5.41) is 0. The Bertz CT molecular complexity index is 860. The molecule has 2 aromatic heterocycles. The lowest BCUT2D eigenvalue weighted by atomic mass is 10.1. The highest BCUT2D eigenvalue weighted by Gasteiger charge is 2.15. The Morgan fingerprint density at radius 2 is 1.61 bits per heavy atom. The number of hydrogen-bond donors (Lipinski definition) is 0. The summed E-state index contributed by atoms with van der Waals surface area (Å²) < 4.78 is 4.78. The molecule has 0 aliphatic rings. The standard InChI is InChI=1S/C22H36N4O2/c1-4-6-8-10-11-12-13-14-16-25-18-23-20-19(25)21(27)26(22(28)24(20)3)17-15-9-7-5-2/h5,18H,2,4,6-17H2,1,3H3. The molecule has 0 spiro atoms. The quantitative estimate of drug-likeness (QED) is 0.356. The van der Waals surface area contributed by atoms with Crippen LogP contribution in [0.15, 0.2) is 28.6 Å². The molecule has 6 heteroatoms. The summed E-state index contributed by atoms with van der Waals surface area (Å²) in [7, 11) is 1.69. The second kappa shape index (κ2) is 11.7. The van der Waals surface area contributed by atoms with E-state index in [0.717, 1.165) is 38.6 Å². The van der Waals surface area contributed by atoms with E-state index in [4.69, 9.17) is 0 Å². The van der Waals surface area contributed by atoms with Crippen LogP contribution < -0.4 is 11.2 Å². The lowest BCUT2D eigenvalue weighted by molar-refractivity contribution is 0.541. The van der Waals surface area contributed by atoms with E-state index in [1.165, 1.54) is 47.7 Å². The first-order chi connectivity index (χ1) is 13.6. The molecule has 156 valence electrons.